The molecule has 4 rings (SSSR count). The molecule has 1 N–H and O–H groups in total. The van der Waals surface area contributed by atoms with E-state index in [4.69, 9.17) is 4.74 Å². The first-order chi connectivity index (χ1) is 18.1. The Labute approximate surface area is 224 Å². The van der Waals surface area contributed by atoms with Gasteiger partial charge in [0.15, 0.2) is 0 Å². The Hall–Kier alpha value is -4.12. The van der Waals surface area contributed by atoms with Gasteiger partial charge in [0.25, 0.3) is 5.91 Å². The molecule has 1 atom stereocenters. The normalized spacial score (nSPS) is 12.1. The van der Waals surface area contributed by atoms with Gasteiger partial charge in [0.1, 0.15) is 24.2 Å². The average Bonchev–Trinajstić information content (AvgIpc) is 3.55. The molecule has 0 aliphatic carbocycles. The number of carbonyl (C=O) groups is 2. The summed E-state index contributed by atoms with van der Waals surface area (Å²) in [6.07, 6.45) is 0. The molecule has 198 valence electrons. The second-order valence-electron chi connectivity index (χ2n) is 9.50. The van der Waals surface area contributed by atoms with Crippen LogP contribution in [0.5, 0.6) is 5.75 Å². The first-order valence-electron chi connectivity index (χ1n) is 12.1. The van der Waals surface area contributed by atoms with Crippen molar-refractivity contribution in [1.82, 2.24) is 25.5 Å². The Bertz CT molecular complexity index is 1370. The first kappa shape index (κ1) is 26.9. The second-order valence-corrected chi connectivity index (χ2v) is 10.5. The fraction of sp³-hybridized carbons (Fsp3) is 0.296. The Morgan fingerprint density at radius 1 is 1.11 bits per heavy atom. The molecule has 0 bridgehead atoms. The van der Waals surface area contributed by atoms with E-state index in [1.54, 1.807) is 24.3 Å². The van der Waals surface area contributed by atoms with E-state index in [1.807, 2.05) is 45.2 Å². The predicted molar refractivity (Wildman–Crippen MR) is 143 cm³/mol. The van der Waals surface area contributed by atoms with Gasteiger partial charge in [0, 0.05) is 11.2 Å². The summed E-state index contributed by atoms with van der Waals surface area (Å²) in [6.45, 7) is 7.63. The number of rotatable bonds is 9. The zero-order chi connectivity index (χ0) is 27.3. The predicted octanol–water partition coefficient (Wildman–Crippen LogP) is 4.63. The van der Waals surface area contributed by atoms with Gasteiger partial charge < -0.3 is 10.1 Å². The van der Waals surface area contributed by atoms with Gasteiger partial charge in [0.2, 0.25) is 11.7 Å². The molecule has 0 unspecified atom stereocenters. The molecular weight excluding hydrogens is 507 g/mol. The van der Waals surface area contributed by atoms with Crippen LogP contribution in [0.2, 0.25) is 0 Å². The largest absolute Gasteiger partial charge is 0.494 e. The number of anilines is 1. The number of tetrazole rings is 1. The van der Waals surface area contributed by atoms with Crippen molar-refractivity contribution in [1.29, 1.82) is 0 Å². The van der Waals surface area contributed by atoms with E-state index >= 15 is 0 Å². The van der Waals surface area contributed by atoms with Crippen molar-refractivity contribution in [3.05, 3.63) is 77.4 Å². The minimum absolute atomic E-state index is 0.272. The Morgan fingerprint density at radius 2 is 1.82 bits per heavy atom. The second kappa shape index (κ2) is 11.5. The molecule has 0 fully saturated rings. The van der Waals surface area contributed by atoms with E-state index in [-0.39, 0.29) is 6.54 Å². The summed E-state index contributed by atoms with van der Waals surface area (Å²) in [4.78, 5) is 30.9. The Kier molecular flexibility index (Phi) is 8.16. The van der Waals surface area contributed by atoms with E-state index in [0.29, 0.717) is 29.4 Å². The van der Waals surface area contributed by atoms with Gasteiger partial charge in [-0.2, -0.15) is 4.80 Å². The van der Waals surface area contributed by atoms with Crippen molar-refractivity contribution >= 4 is 28.8 Å². The van der Waals surface area contributed by atoms with E-state index in [1.165, 1.54) is 45.3 Å². The number of hydrogen-bond acceptors (Lipinski definition) is 7. The lowest BCUT2D eigenvalue weighted by Gasteiger charge is -2.33. The minimum Gasteiger partial charge on any atom is -0.494 e. The van der Waals surface area contributed by atoms with Crippen molar-refractivity contribution in [3.8, 4) is 16.5 Å². The quantitative estimate of drug-likeness (QED) is 0.335. The summed E-state index contributed by atoms with van der Waals surface area (Å²) in [5.41, 5.74) is 0.322. The number of amides is 2. The first-order valence-corrected chi connectivity index (χ1v) is 13.0. The van der Waals surface area contributed by atoms with Gasteiger partial charge >= 0.3 is 0 Å². The molecule has 0 aliphatic rings. The highest BCUT2D eigenvalue weighted by molar-refractivity contribution is 7.13. The molecule has 2 aromatic carbocycles. The molecule has 0 radical (unpaired) electrons. The van der Waals surface area contributed by atoms with Gasteiger partial charge in [-0.25, -0.2) is 4.39 Å². The molecule has 0 saturated heterocycles. The molecule has 0 saturated carbocycles. The summed E-state index contributed by atoms with van der Waals surface area (Å²) in [5.74, 6) is -0.295. The number of hydrogen-bond donors (Lipinski definition) is 1. The van der Waals surface area contributed by atoms with Crippen LogP contribution in [-0.4, -0.2) is 44.2 Å². The number of aromatic nitrogens is 4. The topological polar surface area (TPSA) is 102 Å². The van der Waals surface area contributed by atoms with Crippen molar-refractivity contribution in [2.75, 3.05) is 11.5 Å². The molecule has 0 aliphatic heterocycles. The van der Waals surface area contributed by atoms with Crippen LogP contribution in [-0.2, 0) is 16.1 Å². The van der Waals surface area contributed by atoms with E-state index < -0.39 is 29.2 Å². The van der Waals surface area contributed by atoms with Crippen molar-refractivity contribution in [3.63, 3.8) is 0 Å². The summed E-state index contributed by atoms with van der Waals surface area (Å²) >= 11 is 1.46. The minimum atomic E-state index is -1.10. The molecular formula is C27H29FN6O3S. The van der Waals surface area contributed by atoms with E-state index in [0.717, 1.165) is 4.88 Å². The lowest BCUT2D eigenvalue weighted by Crippen LogP contribution is -2.50. The Morgan fingerprint density at radius 3 is 2.42 bits per heavy atom. The number of thiophene rings is 1. The molecule has 0 spiro atoms. The van der Waals surface area contributed by atoms with Crippen LogP contribution < -0.4 is 15.0 Å². The smallest absolute Gasteiger partial charge is 0.251 e. The monoisotopic (exact) mass is 536 g/mol. The number of nitrogens with one attached hydrogen (secondary N) is 1. The molecule has 2 amide bonds. The van der Waals surface area contributed by atoms with Crippen molar-refractivity contribution < 1.29 is 18.7 Å². The van der Waals surface area contributed by atoms with Gasteiger partial charge in [-0.1, -0.05) is 18.2 Å². The highest BCUT2D eigenvalue weighted by atomic mass is 32.1. The summed E-state index contributed by atoms with van der Waals surface area (Å²) < 4.78 is 19.4. The zero-order valence-electron chi connectivity index (χ0n) is 21.6. The molecule has 4 aromatic rings. The van der Waals surface area contributed by atoms with Crippen LogP contribution in [0.4, 0.5) is 10.1 Å². The van der Waals surface area contributed by atoms with Crippen LogP contribution in [0.15, 0.2) is 66.0 Å². The number of ether oxygens (including phenoxy) is 1. The number of carbonyl (C=O) groups excluding carboxylic acids is 2. The van der Waals surface area contributed by atoms with Crippen LogP contribution in [0.3, 0.4) is 0 Å². The van der Waals surface area contributed by atoms with Crippen molar-refractivity contribution in [2.24, 2.45) is 0 Å². The fourth-order valence-corrected chi connectivity index (χ4v) is 4.47. The van der Waals surface area contributed by atoms with Crippen molar-refractivity contribution in [2.45, 2.75) is 45.8 Å². The zero-order valence-corrected chi connectivity index (χ0v) is 22.4. The summed E-state index contributed by atoms with van der Waals surface area (Å²) in [7, 11) is 0. The maximum absolute atomic E-state index is 13.9. The van der Waals surface area contributed by atoms with E-state index in [9.17, 15) is 14.0 Å². The maximum Gasteiger partial charge on any atom is 0.251 e. The standard InChI is InChI=1S/C27H29FN6O3S/c1-5-37-21-14-12-20(13-15-21)34(23(35)17-33-31-25(30-32-33)22-7-6-16-38-22)24(26(36)29-27(2,3)4)18-8-10-19(28)11-9-18/h6-16,24H,5,17H2,1-4H3,(H,29,36)/t24-/m0/s1. The summed E-state index contributed by atoms with van der Waals surface area (Å²) in [6, 6.07) is 15.0. The number of benzene rings is 2. The Balaban J connectivity index is 1.75. The number of nitrogens with zero attached hydrogens (tertiary/aromatic N) is 5. The van der Waals surface area contributed by atoms with Gasteiger partial charge in [-0.3, -0.25) is 14.5 Å². The molecule has 9 nitrogen and oxygen atoms in total. The SMILES string of the molecule is CCOc1ccc(N(C(=O)Cn2nnc(-c3cccs3)n2)[C@H](C(=O)NC(C)(C)C)c2ccc(F)cc2)cc1. The van der Waals surface area contributed by atoms with Crippen LogP contribution in [0.25, 0.3) is 10.7 Å². The number of halogens is 1. The summed E-state index contributed by atoms with van der Waals surface area (Å²) in [5, 5.41) is 17.3. The molecule has 2 heterocycles. The third kappa shape index (κ3) is 6.60. The average molecular weight is 537 g/mol. The highest BCUT2D eigenvalue weighted by Gasteiger charge is 2.35. The molecule has 38 heavy (non-hydrogen) atoms. The third-order valence-electron chi connectivity index (χ3n) is 5.36. The maximum atomic E-state index is 13.9. The van der Waals surface area contributed by atoms with Gasteiger partial charge in [-0.15, -0.1) is 21.5 Å². The van der Waals surface area contributed by atoms with Crippen LogP contribution in [0.1, 0.15) is 39.3 Å². The lowest BCUT2D eigenvalue weighted by molar-refractivity contribution is -0.128. The van der Waals surface area contributed by atoms with Gasteiger partial charge in [0.05, 0.1) is 11.5 Å². The highest BCUT2D eigenvalue weighted by Crippen LogP contribution is 2.31. The van der Waals surface area contributed by atoms with Crippen LogP contribution in [0, 0.1) is 5.82 Å². The van der Waals surface area contributed by atoms with Gasteiger partial charge in [-0.05, 0) is 86.3 Å². The fourth-order valence-electron chi connectivity index (χ4n) is 3.82. The molecule has 2 aromatic heterocycles. The molecule has 11 heteroatoms. The third-order valence-corrected chi connectivity index (χ3v) is 6.22. The lowest BCUT2D eigenvalue weighted by atomic mass is 10.0. The van der Waals surface area contributed by atoms with E-state index in [2.05, 4.69) is 20.7 Å². The van der Waals surface area contributed by atoms with Crippen LogP contribution >= 0.6 is 11.3 Å².